The number of carbonyl (C=O) groups excluding carboxylic acids is 1. The molecule has 3 rings (SSSR count). The van der Waals surface area contributed by atoms with Gasteiger partial charge in [-0.3, -0.25) is 4.79 Å². The van der Waals surface area contributed by atoms with E-state index in [1.807, 2.05) is 12.1 Å². The molecule has 2 heterocycles. The topological polar surface area (TPSA) is 42.8 Å². The largest absolute Gasteiger partial charge is 0.372 e. The van der Waals surface area contributed by atoms with Gasteiger partial charge in [-0.25, -0.2) is 0 Å². The van der Waals surface area contributed by atoms with Gasteiger partial charge in [-0.05, 0) is 42.0 Å². The zero-order valence-electron chi connectivity index (χ0n) is 14.5. The fourth-order valence-electron chi connectivity index (χ4n) is 3.14. The molecule has 0 aliphatic carbocycles. The lowest BCUT2D eigenvalue weighted by molar-refractivity contribution is -0.908. The molecular weight excluding hydrogens is 391 g/mol. The molecule has 1 amide bonds. The molecule has 1 aromatic carbocycles. The number of benzene rings is 1. The Kier molecular flexibility index (Phi) is 7.34. The summed E-state index contributed by atoms with van der Waals surface area (Å²) in [6.45, 7) is 3.35. The molecule has 2 aromatic rings. The second-order valence-electron chi connectivity index (χ2n) is 6.53. The summed E-state index contributed by atoms with van der Waals surface area (Å²) >= 11 is 13.8. The minimum absolute atomic E-state index is 0.0144. The minimum Gasteiger partial charge on any atom is -0.372 e. The van der Waals surface area contributed by atoms with E-state index in [0.29, 0.717) is 23.1 Å². The van der Waals surface area contributed by atoms with Crippen LogP contribution in [-0.2, 0) is 22.6 Å². The van der Waals surface area contributed by atoms with Crippen molar-refractivity contribution >= 4 is 40.4 Å². The van der Waals surface area contributed by atoms with E-state index in [1.165, 1.54) is 9.78 Å². The van der Waals surface area contributed by atoms with Crippen molar-refractivity contribution in [2.24, 2.45) is 0 Å². The van der Waals surface area contributed by atoms with Crippen molar-refractivity contribution in [2.75, 3.05) is 19.7 Å². The summed E-state index contributed by atoms with van der Waals surface area (Å²) < 4.78 is 5.76. The molecule has 2 atom stereocenters. The van der Waals surface area contributed by atoms with Crippen molar-refractivity contribution < 1.29 is 14.4 Å². The summed E-state index contributed by atoms with van der Waals surface area (Å²) in [6.07, 6.45) is 2.44. The Morgan fingerprint density at radius 1 is 1.35 bits per heavy atom. The van der Waals surface area contributed by atoms with Gasteiger partial charge in [0, 0.05) is 23.2 Å². The normalized spacial score (nSPS) is 18.0. The average molecular weight is 414 g/mol. The van der Waals surface area contributed by atoms with Gasteiger partial charge in [0.15, 0.2) is 6.54 Å². The third kappa shape index (κ3) is 5.96. The van der Waals surface area contributed by atoms with Gasteiger partial charge in [-0.2, -0.15) is 0 Å². The Morgan fingerprint density at radius 3 is 2.92 bits per heavy atom. The fraction of sp³-hybridized carbons (Fsp3) is 0.421. The summed E-state index contributed by atoms with van der Waals surface area (Å²) in [5.41, 5.74) is 0.864. The van der Waals surface area contributed by atoms with Crippen LogP contribution in [-0.4, -0.2) is 31.7 Å². The highest BCUT2D eigenvalue weighted by molar-refractivity contribution is 7.09. The lowest BCUT2D eigenvalue weighted by atomic mass is 10.2. The maximum atomic E-state index is 12.5. The summed E-state index contributed by atoms with van der Waals surface area (Å²) in [7, 11) is 0. The van der Waals surface area contributed by atoms with E-state index in [-0.39, 0.29) is 12.0 Å². The maximum Gasteiger partial charge on any atom is 0.275 e. The predicted octanol–water partition coefficient (Wildman–Crippen LogP) is 2.94. The predicted molar refractivity (Wildman–Crippen MR) is 106 cm³/mol. The zero-order valence-corrected chi connectivity index (χ0v) is 16.8. The SMILES string of the molecule is O=C(C[NH+](Cc1cccs1)C[C@@H]1CCCO1)NCc1ccc(Cl)cc1Cl. The Labute approximate surface area is 168 Å². The highest BCUT2D eigenvalue weighted by atomic mass is 35.5. The van der Waals surface area contributed by atoms with Crippen LogP contribution in [0.1, 0.15) is 23.3 Å². The van der Waals surface area contributed by atoms with Crippen LogP contribution in [0.4, 0.5) is 0 Å². The van der Waals surface area contributed by atoms with Gasteiger partial charge in [0.2, 0.25) is 0 Å². The molecule has 1 aliphatic rings. The van der Waals surface area contributed by atoms with Gasteiger partial charge < -0.3 is 15.0 Å². The molecule has 0 spiro atoms. The van der Waals surface area contributed by atoms with E-state index < -0.39 is 0 Å². The van der Waals surface area contributed by atoms with Crippen molar-refractivity contribution in [3.05, 3.63) is 56.2 Å². The molecule has 7 heteroatoms. The number of thiophene rings is 1. The zero-order chi connectivity index (χ0) is 18.4. The van der Waals surface area contributed by atoms with E-state index in [0.717, 1.165) is 38.1 Å². The van der Waals surface area contributed by atoms with Gasteiger partial charge >= 0.3 is 0 Å². The molecule has 1 aromatic heterocycles. The number of carbonyl (C=O) groups is 1. The number of halogens is 2. The molecule has 140 valence electrons. The van der Waals surface area contributed by atoms with Gasteiger partial charge in [0.25, 0.3) is 5.91 Å². The van der Waals surface area contributed by atoms with Crippen LogP contribution in [0.3, 0.4) is 0 Å². The van der Waals surface area contributed by atoms with Crippen molar-refractivity contribution in [2.45, 2.75) is 32.0 Å². The number of nitrogens with one attached hydrogen (secondary N) is 2. The lowest BCUT2D eigenvalue weighted by Crippen LogP contribution is -3.13. The Bertz CT molecular complexity index is 718. The molecule has 1 fully saturated rings. The molecule has 1 saturated heterocycles. The number of hydrogen-bond acceptors (Lipinski definition) is 3. The first-order chi connectivity index (χ1) is 12.6. The number of ether oxygens (including phenoxy) is 1. The molecule has 0 radical (unpaired) electrons. The Morgan fingerprint density at radius 2 is 2.23 bits per heavy atom. The molecule has 0 saturated carbocycles. The number of rotatable bonds is 8. The number of quaternary nitrogens is 1. The first kappa shape index (κ1) is 19.6. The summed E-state index contributed by atoms with van der Waals surface area (Å²) in [4.78, 5) is 15.0. The van der Waals surface area contributed by atoms with Crippen molar-refractivity contribution in [3.63, 3.8) is 0 Å². The smallest absolute Gasteiger partial charge is 0.275 e. The van der Waals surface area contributed by atoms with Gasteiger partial charge in [-0.1, -0.05) is 35.3 Å². The van der Waals surface area contributed by atoms with Gasteiger partial charge in [0.05, 0.1) is 4.88 Å². The van der Waals surface area contributed by atoms with E-state index in [4.69, 9.17) is 27.9 Å². The van der Waals surface area contributed by atoms with Crippen LogP contribution < -0.4 is 10.2 Å². The number of hydrogen-bond donors (Lipinski definition) is 2. The van der Waals surface area contributed by atoms with Crippen LogP contribution in [0.5, 0.6) is 0 Å². The van der Waals surface area contributed by atoms with Crippen molar-refractivity contribution in [3.8, 4) is 0 Å². The van der Waals surface area contributed by atoms with Gasteiger partial charge in [0.1, 0.15) is 19.2 Å². The van der Waals surface area contributed by atoms with Crippen LogP contribution in [0.25, 0.3) is 0 Å². The monoisotopic (exact) mass is 413 g/mol. The summed E-state index contributed by atoms with van der Waals surface area (Å²) in [6, 6.07) is 9.47. The second kappa shape index (κ2) is 9.72. The van der Waals surface area contributed by atoms with Crippen molar-refractivity contribution in [1.29, 1.82) is 0 Å². The van der Waals surface area contributed by atoms with E-state index >= 15 is 0 Å². The van der Waals surface area contributed by atoms with Crippen molar-refractivity contribution in [1.82, 2.24) is 5.32 Å². The molecular formula is C19H23Cl2N2O2S+. The second-order valence-corrected chi connectivity index (χ2v) is 8.41. The van der Waals surface area contributed by atoms with Crippen LogP contribution >= 0.6 is 34.5 Å². The highest BCUT2D eigenvalue weighted by Crippen LogP contribution is 2.20. The van der Waals surface area contributed by atoms with E-state index in [1.54, 1.807) is 23.5 Å². The maximum absolute atomic E-state index is 12.5. The third-order valence-corrected chi connectivity index (χ3v) is 5.91. The van der Waals surface area contributed by atoms with Crippen LogP contribution in [0, 0.1) is 0 Å². The molecule has 26 heavy (non-hydrogen) atoms. The van der Waals surface area contributed by atoms with E-state index in [9.17, 15) is 4.79 Å². The lowest BCUT2D eigenvalue weighted by Gasteiger charge is -2.21. The fourth-order valence-corrected chi connectivity index (χ4v) is 4.39. The Hall–Kier alpha value is -1.11. The number of amides is 1. The molecule has 1 aliphatic heterocycles. The quantitative estimate of drug-likeness (QED) is 0.698. The first-order valence-electron chi connectivity index (χ1n) is 8.78. The standard InChI is InChI=1S/C19H22Cl2N2O2S/c20-15-6-5-14(18(21)9-15)10-22-19(24)13-23(11-16-3-1-7-25-16)12-17-4-2-8-26-17/h2,4-6,8-9,16H,1,3,7,10-13H2,(H,22,24)/p+1/t16-/m0/s1. The van der Waals surface area contributed by atoms with Crippen LogP contribution in [0.2, 0.25) is 10.0 Å². The summed E-state index contributed by atoms with van der Waals surface area (Å²) in [5.74, 6) is 0.0144. The molecule has 4 nitrogen and oxygen atoms in total. The minimum atomic E-state index is 0.0144. The summed E-state index contributed by atoms with van der Waals surface area (Å²) in [5, 5.41) is 6.20. The van der Waals surface area contributed by atoms with E-state index in [2.05, 4.69) is 16.8 Å². The first-order valence-corrected chi connectivity index (χ1v) is 10.4. The molecule has 2 N–H and O–H groups in total. The highest BCUT2D eigenvalue weighted by Gasteiger charge is 2.24. The average Bonchev–Trinajstić information content (AvgIpc) is 3.28. The van der Waals surface area contributed by atoms with Gasteiger partial charge in [-0.15, -0.1) is 11.3 Å². The third-order valence-electron chi connectivity index (χ3n) is 4.45. The molecule has 1 unspecified atom stereocenters. The van der Waals surface area contributed by atoms with Crippen LogP contribution in [0.15, 0.2) is 35.7 Å². The Balaban J connectivity index is 1.55. The molecule has 0 bridgehead atoms.